The Balaban J connectivity index is 1.78. The summed E-state index contributed by atoms with van der Waals surface area (Å²) in [6.45, 7) is 2.17. The van der Waals surface area contributed by atoms with Crippen molar-refractivity contribution in [3.8, 4) is 0 Å². The summed E-state index contributed by atoms with van der Waals surface area (Å²) >= 11 is 0. The molecule has 0 radical (unpaired) electrons. The van der Waals surface area contributed by atoms with Gasteiger partial charge in [-0.25, -0.2) is 8.42 Å². The lowest BCUT2D eigenvalue weighted by Gasteiger charge is -2.30. The van der Waals surface area contributed by atoms with Crippen molar-refractivity contribution < 1.29 is 17.9 Å². The first-order valence-corrected chi connectivity index (χ1v) is 10.7. The molecule has 0 bridgehead atoms. The SMILES string of the molecule is Cc1ccc(S(=O)(=O)N2[C@@H](c3ccccc3)CO[C@H]2[C@H]2CCCC2=O)cc1. The summed E-state index contributed by atoms with van der Waals surface area (Å²) in [6.07, 6.45) is 1.22. The van der Waals surface area contributed by atoms with E-state index in [0.29, 0.717) is 12.8 Å². The molecular weight excluding hydrogens is 362 g/mol. The van der Waals surface area contributed by atoms with E-state index in [2.05, 4.69) is 0 Å². The number of hydrogen-bond acceptors (Lipinski definition) is 4. The van der Waals surface area contributed by atoms with E-state index < -0.39 is 22.3 Å². The van der Waals surface area contributed by atoms with Gasteiger partial charge in [0.15, 0.2) is 0 Å². The highest BCUT2D eigenvalue weighted by Gasteiger charge is 2.49. The quantitative estimate of drug-likeness (QED) is 0.809. The fraction of sp³-hybridized carbons (Fsp3) is 0.381. The van der Waals surface area contributed by atoms with Crippen LogP contribution in [0.4, 0.5) is 0 Å². The third kappa shape index (κ3) is 3.33. The van der Waals surface area contributed by atoms with Crippen LogP contribution in [-0.2, 0) is 19.6 Å². The Hall–Kier alpha value is -2.02. The van der Waals surface area contributed by atoms with Crippen molar-refractivity contribution in [1.82, 2.24) is 4.31 Å². The molecule has 1 aliphatic carbocycles. The zero-order valence-electron chi connectivity index (χ0n) is 15.2. The van der Waals surface area contributed by atoms with Crippen LogP contribution in [0.25, 0.3) is 0 Å². The van der Waals surface area contributed by atoms with E-state index >= 15 is 0 Å². The minimum Gasteiger partial charge on any atom is -0.359 e. The first kappa shape index (κ1) is 18.3. The van der Waals surface area contributed by atoms with Gasteiger partial charge in [0.2, 0.25) is 10.0 Å². The Bertz CT molecular complexity index is 924. The van der Waals surface area contributed by atoms with E-state index in [4.69, 9.17) is 4.74 Å². The Labute approximate surface area is 160 Å². The smallest absolute Gasteiger partial charge is 0.245 e. The number of rotatable bonds is 4. The number of carbonyl (C=O) groups is 1. The van der Waals surface area contributed by atoms with E-state index in [-0.39, 0.29) is 23.2 Å². The van der Waals surface area contributed by atoms with Crippen molar-refractivity contribution in [3.05, 3.63) is 65.7 Å². The van der Waals surface area contributed by atoms with Crippen molar-refractivity contribution in [1.29, 1.82) is 0 Å². The molecule has 1 heterocycles. The van der Waals surface area contributed by atoms with Gasteiger partial charge in [-0.05, 0) is 37.5 Å². The number of aryl methyl sites for hydroxylation is 1. The summed E-state index contributed by atoms with van der Waals surface area (Å²) in [5.74, 6) is -0.295. The maximum Gasteiger partial charge on any atom is 0.245 e. The van der Waals surface area contributed by atoms with Crippen molar-refractivity contribution >= 4 is 15.8 Å². The van der Waals surface area contributed by atoms with Crippen molar-refractivity contribution in [2.24, 2.45) is 5.92 Å². The molecule has 27 heavy (non-hydrogen) atoms. The average molecular weight is 385 g/mol. The Morgan fingerprint density at radius 3 is 2.37 bits per heavy atom. The van der Waals surface area contributed by atoms with Crippen molar-refractivity contribution in [2.75, 3.05) is 6.61 Å². The van der Waals surface area contributed by atoms with E-state index in [1.54, 1.807) is 24.3 Å². The van der Waals surface area contributed by atoms with Crippen LogP contribution in [0.5, 0.6) is 0 Å². The number of ether oxygens (including phenoxy) is 1. The number of sulfonamides is 1. The van der Waals surface area contributed by atoms with Gasteiger partial charge in [0.1, 0.15) is 12.0 Å². The zero-order chi connectivity index (χ0) is 19.0. The molecule has 2 aliphatic rings. The van der Waals surface area contributed by atoms with Gasteiger partial charge in [0.25, 0.3) is 0 Å². The first-order valence-electron chi connectivity index (χ1n) is 9.28. The summed E-state index contributed by atoms with van der Waals surface area (Å²) in [6, 6.07) is 15.9. The van der Waals surface area contributed by atoms with E-state index in [1.807, 2.05) is 37.3 Å². The number of Topliss-reactive ketones (excluding diaryl/α,β-unsaturated/α-hetero) is 1. The van der Waals surface area contributed by atoms with Gasteiger partial charge in [-0.3, -0.25) is 4.79 Å². The summed E-state index contributed by atoms with van der Waals surface area (Å²) in [7, 11) is -3.81. The van der Waals surface area contributed by atoms with Crippen LogP contribution in [-0.4, -0.2) is 31.3 Å². The fourth-order valence-electron chi connectivity index (χ4n) is 4.01. The van der Waals surface area contributed by atoms with Crippen LogP contribution >= 0.6 is 0 Å². The van der Waals surface area contributed by atoms with Gasteiger partial charge in [0, 0.05) is 6.42 Å². The monoisotopic (exact) mass is 385 g/mol. The molecule has 5 nitrogen and oxygen atoms in total. The molecule has 0 N–H and O–H groups in total. The molecule has 1 saturated heterocycles. The molecule has 142 valence electrons. The van der Waals surface area contributed by atoms with Gasteiger partial charge in [0.05, 0.1) is 23.5 Å². The van der Waals surface area contributed by atoms with Crippen molar-refractivity contribution in [2.45, 2.75) is 43.4 Å². The summed E-state index contributed by atoms with van der Waals surface area (Å²) in [5, 5.41) is 0. The molecule has 2 aromatic carbocycles. The molecule has 1 aliphatic heterocycles. The van der Waals surface area contributed by atoms with Crippen LogP contribution in [0, 0.1) is 12.8 Å². The van der Waals surface area contributed by atoms with E-state index in [9.17, 15) is 13.2 Å². The Morgan fingerprint density at radius 1 is 1.04 bits per heavy atom. The lowest BCUT2D eigenvalue weighted by atomic mass is 10.0. The Kier molecular flexibility index (Phi) is 4.88. The molecule has 2 fully saturated rings. The molecule has 6 heteroatoms. The summed E-state index contributed by atoms with van der Waals surface area (Å²) in [4.78, 5) is 12.6. The third-order valence-corrected chi connectivity index (χ3v) is 7.34. The van der Waals surface area contributed by atoms with Crippen LogP contribution in [0.3, 0.4) is 0 Å². The highest BCUT2D eigenvalue weighted by molar-refractivity contribution is 7.89. The minimum absolute atomic E-state index is 0.0952. The molecular formula is C21H23NO4S. The summed E-state index contributed by atoms with van der Waals surface area (Å²) < 4.78 is 34.5. The molecule has 0 unspecified atom stereocenters. The predicted octanol–water partition coefficient (Wildman–Crippen LogP) is 3.45. The molecule has 0 spiro atoms. The molecule has 0 aromatic heterocycles. The van der Waals surface area contributed by atoms with Gasteiger partial charge < -0.3 is 4.74 Å². The van der Waals surface area contributed by atoms with Crippen LogP contribution in [0.2, 0.25) is 0 Å². The fourth-order valence-corrected chi connectivity index (χ4v) is 5.73. The molecule has 0 amide bonds. The highest BCUT2D eigenvalue weighted by atomic mass is 32.2. The number of hydrogen-bond donors (Lipinski definition) is 0. The number of benzene rings is 2. The van der Waals surface area contributed by atoms with Crippen LogP contribution < -0.4 is 0 Å². The predicted molar refractivity (Wildman–Crippen MR) is 101 cm³/mol. The maximum atomic E-state index is 13.5. The second kappa shape index (κ2) is 7.19. The van der Waals surface area contributed by atoms with Gasteiger partial charge in [-0.15, -0.1) is 0 Å². The topological polar surface area (TPSA) is 63.7 Å². The lowest BCUT2D eigenvalue weighted by Crippen LogP contribution is -2.43. The first-order chi connectivity index (χ1) is 13.0. The van der Waals surface area contributed by atoms with Crippen LogP contribution in [0.1, 0.15) is 36.4 Å². The van der Waals surface area contributed by atoms with Crippen molar-refractivity contribution in [3.63, 3.8) is 0 Å². The normalized spacial score (nSPS) is 26.6. The number of carbonyl (C=O) groups excluding carboxylic acids is 1. The zero-order valence-corrected chi connectivity index (χ0v) is 16.1. The standard InChI is InChI=1S/C21H23NO4S/c1-15-10-12-17(13-11-15)27(24,25)22-19(16-6-3-2-4-7-16)14-26-21(22)18-8-5-9-20(18)23/h2-4,6-7,10-13,18-19,21H,5,8-9,14H2,1H3/t18-,19+,21-/m0/s1. The van der Waals surface area contributed by atoms with Gasteiger partial charge in [-0.2, -0.15) is 4.31 Å². The summed E-state index contributed by atoms with van der Waals surface area (Å²) in [5.41, 5.74) is 1.87. The van der Waals surface area contributed by atoms with E-state index in [0.717, 1.165) is 17.5 Å². The largest absolute Gasteiger partial charge is 0.359 e. The highest BCUT2D eigenvalue weighted by Crippen LogP contribution is 2.41. The average Bonchev–Trinajstić information content (AvgIpc) is 3.29. The molecule has 2 aromatic rings. The second-order valence-corrected chi connectivity index (χ2v) is 9.11. The maximum absolute atomic E-state index is 13.5. The molecule has 1 saturated carbocycles. The Morgan fingerprint density at radius 2 is 1.74 bits per heavy atom. The molecule has 4 rings (SSSR count). The minimum atomic E-state index is -3.81. The van der Waals surface area contributed by atoms with E-state index in [1.165, 1.54) is 4.31 Å². The molecule has 3 atom stereocenters. The third-order valence-electron chi connectivity index (χ3n) is 5.46. The van der Waals surface area contributed by atoms with Gasteiger partial charge >= 0.3 is 0 Å². The van der Waals surface area contributed by atoms with Gasteiger partial charge in [-0.1, -0.05) is 48.0 Å². The second-order valence-electron chi connectivity index (χ2n) is 7.26. The van der Waals surface area contributed by atoms with Crippen LogP contribution in [0.15, 0.2) is 59.5 Å². The number of nitrogens with zero attached hydrogens (tertiary/aromatic N) is 1. The number of ketones is 1. The lowest BCUT2D eigenvalue weighted by molar-refractivity contribution is -0.125.